The maximum absolute atomic E-state index is 13.3. The van der Waals surface area contributed by atoms with E-state index in [1.54, 1.807) is 24.3 Å². The number of aliphatic hydroxyl groups is 1. The molecule has 11 heteroatoms. The zero-order valence-corrected chi connectivity index (χ0v) is 24.0. The van der Waals surface area contributed by atoms with Gasteiger partial charge >= 0.3 is 12.1 Å². The molecule has 2 aromatic carbocycles. The van der Waals surface area contributed by atoms with Gasteiger partial charge in [0.1, 0.15) is 12.6 Å². The first-order valence-corrected chi connectivity index (χ1v) is 13.9. The van der Waals surface area contributed by atoms with Crippen molar-refractivity contribution in [2.24, 2.45) is 11.7 Å². The molecule has 0 radical (unpaired) electrons. The third kappa shape index (κ3) is 12.7. The summed E-state index contributed by atoms with van der Waals surface area (Å²) < 4.78 is 5.20. The average molecular weight is 570 g/mol. The van der Waals surface area contributed by atoms with Crippen LogP contribution in [0.15, 0.2) is 60.7 Å². The molecule has 0 aliphatic carbocycles. The van der Waals surface area contributed by atoms with E-state index in [0.717, 1.165) is 17.5 Å². The number of amides is 5. The van der Waals surface area contributed by atoms with Crippen LogP contribution in [0.25, 0.3) is 0 Å². The second-order valence-electron chi connectivity index (χ2n) is 10.3. The molecule has 2 aromatic rings. The van der Waals surface area contributed by atoms with Crippen molar-refractivity contribution in [3.05, 3.63) is 71.8 Å². The minimum Gasteiger partial charge on any atom is -0.445 e. The van der Waals surface area contributed by atoms with Gasteiger partial charge in [0.2, 0.25) is 11.8 Å². The van der Waals surface area contributed by atoms with E-state index in [4.69, 9.17) is 10.5 Å². The number of nitrogens with zero attached hydrogens (tertiary/aromatic N) is 1. The first-order valence-electron chi connectivity index (χ1n) is 13.9. The van der Waals surface area contributed by atoms with Crippen molar-refractivity contribution >= 4 is 23.9 Å². The van der Waals surface area contributed by atoms with E-state index in [-0.39, 0.29) is 31.5 Å². The largest absolute Gasteiger partial charge is 0.445 e. The highest BCUT2D eigenvalue weighted by Crippen LogP contribution is 2.11. The number of rotatable bonds is 16. The van der Waals surface area contributed by atoms with Crippen molar-refractivity contribution in [3.8, 4) is 0 Å². The molecule has 5 amide bonds. The predicted octanol–water partition coefficient (Wildman–Crippen LogP) is 2.32. The second-order valence-corrected chi connectivity index (χ2v) is 10.3. The molecule has 224 valence electrons. The first-order chi connectivity index (χ1) is 19.6. The van der Waals surface area contributed by atoms with Gasteiger partial charge in [-0.1, -0.05) is 81.4 Å². The van der Waals surface area contributed by atoms with Crippen LogP contribution in [-0.4, -0.2) is 71.8 Å². The smallest absolute Gasteiger partial charge is 0.408 e. The van der Waals surface area contributed by atoms with E-state index in [1.807, 2.05) is 57.2 Å². The molecule has 0 bridgehead atoms. The highest BCUT2D eigenvalue weighted by Gasteiger charge is 2.30. The number of primary amides is 1. The van der Waals surface area contributed by atoms with E-state index in [9.17, 15) is 24.3 Å². The number of ether oxygens (including phenoxy) is 1. The van der Waals surface area contributed by atoms with Gasteiger partial charge in [0.05, 0.1) is 25.1 Å². The molecule has 3 atom stereocenters. The third-order valence-corrected chi connectivity index (χ3v) is 6.12. The second kappa shape index (κ2) is 17.5. The van der Waals surface area contributed by atoms with Crippen LogP contribution < -0.4 is 21.7 Å². The number of carbonyl (C=O) groups is 4. The highest BCUT2D eigenvalue weighted by atomic mass is 16.5. The zero-order valence-electron chi connectivity index (χ0n) is 24.0. The number of carbonyl (C=O) groups excluding carboxylic acids is 4. The summed E-state index contributed by atoms with van der Waals surface area (Å²) in [7, 11) is 0. The number of nitrogens with one attached hydrogen (secondary N) is 3. The molecule has 0 aliphatic heterocycles. The van der Waals surface area contributed by atoms with Crippen molar-refractivity contribution in [2.45, 2.75) is 64.8 Å². The minimum atomic E-state index is -1.33. The number of urea groups is 1. The van der Waals surface area contributed by atoms with E-state index in [1.165, 1.54) is 4.90 Å². The SMILES string of the molecule is CCCNC(=O)N(CC(C)C)CC(O)[C@H](Cc1ccccc1)NC(=O)[C@H](CC(N)=O)NC(=O)OCc1ccccc1. The van der Waals surface area contributed by atoms with Crippen molar-refractivity contribution in [2.75, 3.05) is 19.6 Å². The molecule has 0 heterocycles. The number of benzene rings is 2. The number of hydrogen-bond donors (Lipinski definition) is 5. The van der Waals surface area contributed by atoms with Gasteiger partial charge in [-0.15, -0.1) is 0 Å². The Balaban J connectivity index is 2.18. The van der Waals surface area contributed by atoms with Crippen LogP contribution in [0.2, 0.25) is 0 Å². The lowest BCUT2D eigenvalue weighted by Crippen LogP contribution is -2.57. The Morgan fingerprint density at radius 2 is 1.54 bits per heavy atom. The maximum Gasteiger partial charge on any atom is 0.408 e. The van der Waals surface area contributed by atoms with Gasteiger partial charge in [-0.05, 0) is 29.9 Å². The van der Waals surface area contributed by atoms with Crippen LogP contribution in [0.5, 0.6) is 0 Å². The molecular weight excluding hydrogens is 526 g/mol. The van der Waals surface area contributed by atoms with Crippen LogP contribution in [-0.2, 0) is 27.4 Å². The van der Waals surface area contributed by atoms with Crippen LogP contribution in [0.4, 0.5) is 9.59 Å². The number of aliphatic hydroxyl groups excluding tert-OH is 1. The first kappa shape index (κ1) is 33.1. The molecule has 0 aromatic heterocycles. The van der Waals surface area contributed by atoms with Gasteiger partial charge in [0.25, 0.3) is 0 Å². The van der Waals surface area contributed by atoms with Crippen molar-refractivity contribution in [3.63, 3.8) is 0 Å². The summed E-state index contributed by atoms with van der Waals surface area (Å²) in [6, 6.07) is 15.7. The summed E-state index contributed by atoms with van der Waals surface area (Å²) in [4.78, 5) is 51.9. The van der Waals surface area contributed by atoms with Crippen LogP contribution in [0.1, 0.15) is 44.7 Å². The molecule has 11 nitrogen and oxygen atoms in total. The molecule has 0 fully saturated rings. The Bertz CT molecular complexity index is 1100. The molecule has 0 saturated carbocycles. The van der Waals surface area contributed by atoms with Crippen LogP contribution in [0.3, 0.4) is 0 Å². The molecule has 0 saturated heterocycles. The van der Waals surface area contributed by atoms with E-state index in [0.29, 0.717) is 13.1 Å². The van der Waals surface area contributed by atoms with Gasteiger partial charge in [-0.2, -0.15) is 0 Å². The highest BCUT2D eigenvalue weighted by molar-refractivity contribution is 5.90. The fraction of sp³-hybridized carbons (Fsp3) is 0.467. The lowest BCUT2D eigenvalue weighted by atomic mass is 9.99. The average Bonchev–Trinajstić information content (AvgIpc) is 2.94. The molecule has 1 unspecified atom stereocenters. The van der Waals surface area contributed by atoms with E-state index < -0.39 is 42.5 Å². The van der Waals surface area contributed by atoms with Crippen molar-refractivity contribution in [1.82, 2.24) is 20.9 Å². The fourth-order valence-electron chi connectivity index (χ4n) is 4.13. The Morgan fingerprint density at radius 1 is 0.927 bits per heavy atom. The number of hydrogen-bond acceptors (Lipinski definition) is 6. The lowest BCUT2D eigenvalue weighted by molar-refractivity contribution is -0.128. The zero-order chi connectivity index (χ0) is 30.2. The van der Waals surface area contributed by atoms with Crippen molar-refractivity contribution < 1.29 is 29.0 Å². The molecule has 6 N–H and O–H groups in total. The van der Waals surface area contributed by atoms with Crippen molar-refractivity contribution in [1.29, 1.82) is 0 Å². The fourth-order valence-corrected chi connectivity index (χ4v) is 4.13. The summed E-state index contributed by atoms with van der Waals surface area (Å²) in [5, 5.41) is 19.3. The summed E-state index contributed by atoms with van der Waals surface area (Å²) in [5.41, 5.74) is 6.95. The van der Waals surface area contributed by atoms with Crippen LogP contribution in [0, 0.1) is 5.92 Å². The molecule has 0 spiro atoms. The molecule has 0 aliphatic rings. The normalized spacial score (nSPS) is 13.0. The summed E-state index contributed by atoms with van der Waals surface area (Å²) in [5.74, 6) is -1.38. The Labute approximate surface area is 241 Å². The minimum absolute atomic E-state index is 0.0291. The molecule has 41 heavy (non-hydrogen) atoms. The van der Waals surface area contributed by atoms with Crippen LogP contribution >= 0.6 is 0 Å². The van der Waals surface area contributed by atoms with Gasteiger partial charge in [-0.3, -0.25) is 9.59 Å². The predicted molar refractivity (Wildman–Crippen MR) is 156 cm³/mol. The maximum atomic E-state index is 13.3. The topological polar surface area (TPSA) is 163 Å². The van der Waals surface area contributed by atoms with Gasteiger partial charge < -0.3 is 36.4 Å². The van der Waals surface area contributed by atoms with Gasteiger partial charge in [0, 0.05) is 13.1 Å². The monoisotopic (exact) mass is 569 g/mol. The van der Waals surface area contributed by atoms with Gasteiger partial charge in [-0.25, -0.2) is 9.59 Å². The van der Waals surface area contributed by atoms with Gasteiger partial charge in [0.15, 0.2) is 0 Å². The number of alkyl carbamates (subject to hydrolysis) is 1. The summed E-state index contributed by atoms with van der Waals surface area (Å²) in [6.07, 6.45) is -1.53. The van der Waals surface area contributed by atoms with E-state index in [2.05, 4.69) is 16.0 Å². The number of nitrogens with two attached hydrogens (primary N) is 1. The summed E-state index contributed by atoms with van der Waals surface area (Å²) >= 11 is 0. The third-order valence-electron chi connectivity index (χ3n) is 6.12. The Morgan fingerprint density at radius 3 is 2.10 bits per heavy atom. The molecular formula is C30H43N5O6. The Hall–Kier alpha value is -4.12. The lowest BCUT2D eigenvalue weighted by Gasteiger charge is -2.32. The Kier molecular flexibility index (Phi) is 14.2. The van der Waals surface area contributed by atoms with E-state index >= 15 is 0 Å². The summed E-state index contributed by atoms with van der Waals surface area (Å²) in [6.45, 7) is 6.70. The molecule has 2 rings (SSSR count). The standard InChI is InChI=1S/C30H43N5O6/c1-4-15-32-29(39)35(18-21(2)3)19-26(36)24(16-22-11-7-5-8-12-22)33-28(38)25(17-27(31)37)34-30(40)41-20-23-13-9-6-10-14-23/h5-14,21,24-26,36H,4,15-20H2,1-3H3,(H2,31,37)(H,32,39)(H,33,38)(H,34,40)/t24-,25-,26?/m0/s1. The quantitative estimate of drug-likeness (QED) is 0.208.